The summed E-state index contributed by atoms with van der Waals surface area (Å²) in [6.45, 7) is 7.59. The number of nitrogens with one attached hydrogen (secondary N) is 1. The van der Waals surface area contributed by atoms with Gasteiger partial charge in [0, 0.05) is 25.8 Å². The van der Waals surface area contributed by atoms with Gasteiger partial charge in [0.05, 0.1) is 30.5 Å². The van der Waals surface area contributed by atoms with Gasteiger partial charge in [-0.25, -0.2) is 4.98 Å². The van der Waals surface area contributed by atoms with Gasteiger partial charge in [-0.15, -0.1) is 0 Å². The van der Waals surface area contributed by atoms with E-state index in [-0.39, 0.29) is 23.9 Å². The molecule has 2 aromatic rings. The molecule has 8 heteroatoms. The highest BCUT2D eigenvalue weighted by molar-refractivity contribution is 9.10. The van der Waals surface area contributed by atoms with Gasteiger partial charge >= 0.3 is 0 Å². The van der Waals surface area contributed by atoms with Crippen LogP contribution in [0.2, 0.25) is 0 Å². The molecule has 0 saturated heterocycles. The number of pyridine rings is 1. The van der Waals surface area contributed by atoms with Crippen LogP contribution in [0.4, 0.5) is 0 Å². The molecular formula is C23H31BrN4O3. The molecular weight excluding hydrogens is 460 g/mol. The van der Waals surface area contributed by atoms with Crippen molar-refractivity contribution >= 4 is 27.7 Å². The maximum atomic E-state index is 13.2. The van der Waals surface area contributed by atoms with Crippen molar-refractivity contribution in [3.05, 3.63) is 51.5 Å². The summed E-state index contributed by atoms with van der Waals surface area (Å²) in [5, 5.41) is 3.11. The van der Waals surface area contributed by atoms with Gasteiger partial charge in [-0.2, -0.15) is 0 Å². The summed E-state index contributed by atoms with van der Waals surface area (Å²) in [6.07, 6.45) is 4.43. The molecule has 2 atom stereocenters. The first-order valence-corrected chi connectivity index (χ1v) is 11.7. The van der Waals surface area contributed by atoms with E-state index in [0.717, 1.165) is 35.1 Å². The smallest absolute Gasteiger partial charge is 0.270 e. The fourth-order valence-electron chi connectivity index (χ4n) is 3.94. The minimum atomic E-state index is -0.202. The lowest BCUT2D eigenvalue weighted by molar-refractivity contribution is 0.0676. The first-order valence-electron chi connectivity index (χ1n) is 10.9. The molecule has 3 heterocycles. The number of hydrogen-bond donors (Lipinski definition) is 1. The monoisotopic (exact) mass is 490 g/mol. The van der Waals surface area contributed by atoms with E-state index < -0.39 is 0 Å². The number of ether oxygens (including phenoxy) is 1. The Morgan fingerprint density at radius 3 is 2.77 bits per heavy atom. The number of rotatable bonds is 8. The molecule has 1 N–H and O–H groups in total. The molecule has 7 nitrogen and oxygen atoms in total. The zero-order valence-corrected chi connectivity index (χ0v) is 20.2. The molecule has 3 rings (SSSR count). The van der Waals surface area contributed by atoms with Crippen molar-refractivity contribution in [3.8, 4) is 0 Å². The number of aromatic nitrogens is 2. The molecule has 0 fully saturated rings. The maximum Gasteiger partial charge on any atom is 0.270 e. The Bertz CT molecular complexity index is 926. The molecule has 31 heavy (non-hydrogen) atoms. The van der Waals surface area contributed by atoms with Crippen LogP contribution < -0.4 is 5.32 Å². The Morgan fingerprint density at radius 2 is 2.13 bits per heavy atom. The van der Waals surface area contributed by atoms with Gasteiger partial charge in [0.15, 0.2) is 0 Å². The number of carbonyl (C=O) groups is 2. The van der Waals surface area contributed by atoms with Crippen LogP contribution in [0.25, 0.3) is 0 Å². The van der Waals surface area contributed by atoms with Gasteiger partial charge in [-0.1, -0.05) is 26.3 Å². The molecule has 0 radical (unpaired) electrons. The predicted molar refractivity (Wildman–Crippen MR) is 123 cm³/mol. The Labute approximate surface area is 192 Å². The molecule has 2 aromatic heterocycles. The first-order chi connectivity index (χ1) is 14.9. The maximum absolute atomic E-state index is 13.2. The third kappa shape index (κ3) is 5.18. The lowest BCUT2D eigenvalue weighted by Crippen LogP contribution is -2.36. The van der Waals surface area contributed by atoms with Gasteiger partial charge in [-0.05, 0) is 53.4 Å². The third-order valence-corrected chi connectivity index (χ3v) is 6.39. The van der Waals surface area contributed by atoms with E-state index >= 15 is 0 Å². The highest BCUT2D eigenvalue weighted by Gasteiger charge is 2.29. The van der Waals surface area contributed by atoms with E-state index in [1.54, 1.807) is 17.2 Å². The highest BCUT2D eigenvalue weighted by atomic mass is 79.9. The average molecular weight is 491 g/mol. The SMILES string of the molecule is CCC[C@H](C)N(C)C(=O)c1cc(C(=O)N[C@H](CC)c2ccc(Br)nc2)c2n1CCOC2. The van der Waals surface area contributed by atoms with Crippen LogP contribution in [0.5, 0.6) is 0 Å². The molecule has 0 aliphatic carbocycles. The fraction of sp³-hybridized carbons (Fsp3) is 0.522. The Morgan fingerprint density at radius 1 is 1.35 bits per heavy atom. The van der Waals surface area contributed by atoms with Gasteiger partial charge in [0.25, 0.3) is 11.8 Å². The summed E-state index contributed by atoms with van der Waals surface area (Å²) >= 11 is 3.34. The van der Waals surface area contributed by atoms with E-state index in [0.29, 0.717) is 31.0 Å². The number of fused-ring (bicyclic) bond motifs is 1. The van der Waals surface area contributed by atoms with E-state index in [4.69, 9.17) is 4.74 Å². The summed E-state index contributed by atoms with van der Waals surface area (Å²) in [5.41, 5.74) is 2.75. The van der Waals surface area contributed by atoms with Crippen LogP contribution in [-0.4, -0.2) is 46.0 Å². The molecule has 0 unspecified atom stereocenters. The lowest BCUT2D eigenvalue weighted by Gasteiger charge is -2.26. The highest BCUT2D eigenvalue weighted by Crippen LogP contribution is 2.25. The number of nitrogens with zero attached hydrogens (tertiary/aromatic N) is 3. The van der Waals surface area contributed by atoms with E-state index in [1.165, 1.54) is 0 Å². The van der Waals surface area contributed by atoms with Gasteiger partial charge < -0.3 is 19.5 Å². The lowest BCUT2D eigenvalue weighted by atomic mass is 10.1. The molecule has 1 aliphatic heterocycles. The second kappa shape index (κ2) is 10.4. The number of halogens is 1. The molecule has 0 saturated carbocycles. The summed E-state index contributed by atoms with van der Waals surface area (Å²) in [7, 11) is 1.83. The van der Waals surface area contributed by atoms with Crippen molar-refractivity contribution in [1.29, 1.82) is 0 Å². The average Bonchev–Trinajstić information content (AvgIpc) is 3.17. The fourth-order valence-corrected chi connectivity index (χ4v) is 4.18. The molecule has 1 aliphatic rings. The van der Waals surface area contributed by atoms with Crippen LogP contribution in [-0.2, 0) is 17.9 Å². The zero-order valence-electron chi connectivity index (χ0n) is 18.7. The second-order valence-corrected chi connectivity index (χ2v) is 8.81. The van der Waals surface area contributed by atoms with Crippen molar-refractivity contribution < 1.29 is 14.3 Å². The molecule has 0 bridgehead atoms. The summed E-state index contributed by atoms with van der Waals surface area (Å²) in [5.74, 6) is -0.264. The van der Waals surface area contributed by atoms with Crippen LogP contribution in [0.1, 0.15) is 78.2 Å². The van der Waals surface area contributed by atoms with E-state index in [1.807, 2.05) is 30.7 Å². The number of amides is 2. The van der Waals surface area contributed by atoms with Crippen molar-refractivity contribution in [3.63, 3.8) is 0 Å². The Hall–Kier alpha value is -2.19. The van der Waals surface area contributed by atoms with Gasteiger partial charge in [0.2, 0.25) is 0 Å². The van der Waals surface area contributed by atoms with Crippen molar-refractivity contribution in [1.82, 2.24) is 19.8 Å². The third-order valence-electron chi connectivity index (χ3n) is 5.92. The van der Waals surface area contributed by atoms with Crippen LogP contribution in [0.15, 0.2) is 29.0 Å². The summed E-state index contributed by atoms with van der Waals surface area (Å²) in [6, 6.07) is 5.50. The van der Waals surface area contributed by atoms with E-state index in [9.17, 15) is 9.59 Å². The Kier molecular flexibility index (Phi) is 7.89. The van der Waals surface area contributed by atoms with Crippen molar-refractivity contribution in [2.24, 2.45) is 0 Å². The van der Waals surface area contributed by atoms with Crippen molar-refractivity contribution in [2.75, 3.05) is 13.7 Å². The quantitative estimate of drug-likeness (QED) is 0.559. The second-order valence-electron chi connectivity index (χ2n) is 8.00. The van der Waals surface area contributed by atoms with E-state index in [2.05, 4.69) is 40.1 Å². The summed E-state index contributed by atoms with van der Waals surface area (Å²) < 4.78 is 8.31. The topological polar surface area (TPSA) is 76.5 Å². The Balaban J connectivity index is 1.88. The molecule has 2 amide bonds. The minimum Gasteiger partial charge on any atom is -0.373 e. The number of carbonyl (C=O) groups excluding carboxylic acids is 2. The van der Waals surface area contributed by atoms with Crippen LogP contribution in [0, 0.1) is 0 Å². The van der Waals surface area contributed by atoms with Gasteiger partial charge in [-0.3, -0.25) is 9.59 Å². The normalized spacial score (nSPS) is 15.1. The van der Waals surface area contributed by atoms with Crippen LogP contribution in [0.3, 0.4) is 0 Å². The summed E-state index contributed by atoms with van der Waals surface area (Å²) in [4.78, 5) is 32.5. The predicted octanol–water partition coefficient (Wildman–Crippen LogP) is 4.32. The van der Waals surface area contributed by atoms with Crippen LogP contribution >= 0.6 is 15.9 Å². The minimum absolute atomic E-state index is 0.0627. The standard InChI is InChI=1S/C23H31BrN4O3/c1-5-7-15(3)27(4)23(30)19-12-17(20-14-31-11-10-28(19)20)22(29)26-18(6-2)16-8-9-21(24)25-13-16/h8-9,12-13,15,18H,5-7,10-11,14H2,1-4H3,(H,26,29)/t15-,18+/m0/s1. The zero-order chi connectivity index (χ0) is 22.5. The molecule has 0 spiro atoms. The van der Waals surface area contributed by atoms with Crippen molar-refractivity contribution in [2.45, 2.75) is 65.3 Å². The number of hydrogen-bond acceptors (Lipinski definition) is 4. The molecule has 168 valence electrons. The first kappa shape index (κ1) is 23.5. The molecule has 0 aromatic carbocycles. The van der Waals surface area contributed by atoms with Gasteiger partial charge in [0.1, 0.15) is 10.3 Å². The largest absolute Gasteiger partial charge is 0.373 e.